The van der Waals surface area contributed by atoms with Crippen LogP contribution < -0.4 is 15.0 Å². The summed E-state index contributed by atoms with van der Waals surface area (Å²) in [4.78, 5) is 39.0. The van der Waals surface area contributed by atoms with Gasteiger partial charge in [0.05, 0.1) is 5.69 Å². The first kappa shape index (κ1) is 22.0. The predicted octanol–water partition coefficient (Wildman–Crippen LogP) is 4.86. The van der Waals surface area contributed by atoms with E-state index in [1.165, 1.54) is 11.6 Å². The maximum Gasteiger partial charge on any atom is 0.335 e. The standard InChI is InChI=1S/C27H24N2O4/c1-17-5-4-6-21(13-17)16-33-22-11-9-20(10-12-22)15-23-25(30)28-27(32)29(26(23)31)24-14-18(2)7-8-19(24)3/h4-15H,16H2,1-3H3,(H,28,30,32)/b23-15+. The van der Waals surface area contributed by atoms with E-state index < -0.39 is 17.8 Å². The van der Waals surface area contributed by atoms with Crippen LogP contribution >= 0.6 is 0 Å². The molecule has 0 saturated carbocycles. The Morgan fingerprint density at radius 3 is 2.33 bits per heavy atom. The van der Waals surface area contributed by atoms with Crippen LogP contribution in [0.3, 0.4) is 0 Å². The van der Waals surface area contributed by atoms with Crippen LogP contribution in [0.1, 0.15) is 27.8 Å². The number of amides is 4. The Hall–Kier alpha value is -4.19. The van der Waals surface area contributed by atoms with E-state index in [0.717, 1.165) is 21.6 Å². The van der Waals surface area contributed by atoms with Gasteiger partial charge in [-0.1, -0.05) is 54.1 Å². The molecule has 6 heteroatoms. The van der Waals surface area contributed by atoms with Crippen molar-refractivity contribution in [3.05, 3.63) is 100 Å². The second-order valence-electron chi connectivity index (χ2n) is 8.09. The highest BCUT2D eigenvalue weighted by Gasteiger charge is 2.37. The largest absolute Gasteiger partial charge is 0.489 e. The third-order valence-corrected chi connectivity index (χ3v) is 5.39. The number of ether oxygens (including phenoxy) is 1. The number of carbonyl (C=O) groups excluding carboxylic acids is 3. The number of hydrogen-bond acceptors (Lipinski definition) is 4. The summed E-state index contributed by atoms with van der Waals surface area (Å²) >= 11 is 0. The molecule has 1 heterocycles. The fraction of sp³-hybridized carbons (Fsp3) is 0.148. The first-order chi connectivity index (χ1) is 15.8. The zero-order chi connectivity index (χ0) is 23.5. The first-order valence-electron chi connectivity index (χ1n) is 10.6. The molecule has 3 aromatic rings. The zero-order valence-electron chi connectivity index (χ0n) is 18.7. The molecule has 0 radical (unpaired) electrons. The van der Waals surface area contributed by atoms with Gasteiger partial charge >= 0.3 is 6.03 Å². The van der Waals surface area contributed by atoms with Gasteiger partial charge in [-0.2, -0.15) is 0 Å². The predicted molar refractivity (Wildman–Crippen MR) is 127 cm³/mol. The Bertz CT molecular complexity index is 1280. The van der Waals surface area contributed by atoms with E-state index in [2.05, 4.69) is 11.4 Å². The SMILES string of the molecule is Cc1cccc(COc2ccc(/C=C3\C(=O)NC(=O)N(c4cc(C)ccc4C)C3=O)cc2)c1. The number of nitrogens with one attached hydrogen (secondary N) is 1. The molecular formula is C27H24N2O4. The number of anilines is 1. The minimum absolute atomic E-state index is 0.107. The molecule has 1 N–H and O–H groups in total. The molecule has 1 saturated heterocycles. The highest BCUT2D eigenvalue weighted by molar-refractivity contribution is 6.39. The first-order valence-corrected chi connectivity index (χ1v) is 10.6. The fourth-order valence-corrected chi connectivity index (χ4v) is 3.63. The minimum atomic E-state index is -0.754. The highest BCUT2D eigenvalue weighted by Crippen LogP contribution is 2.26. The van der Waals surface area contributed by atoms with Crippen molar-refractivity contribution < 1.29 is 19.1 Å². The van der Waals surface area contributed by atoms with Gasteiger partial charge < -0.3 is 4.74 Å². The Kier molecular flexibility index (Phi) is 6.09. The summed E-state index contributed by atoms with van der Waals surface area (Å²) < 4.78 is 5.83. The van der Waals surface area contributed by atoms with E-state index >= 15 is 0 Å². The van der Waals surface area contributed by atoms with Gasteiger partial charge in [-0.25, -0.2) is 9.69 Å². The van der Waals surface area contributed by atoms with E-state index in [1.54, 1.807) is 30.3 Å². The number of benzene rings is 3. The smallest absolute Gasteiger partial charge is 0.335 e. The van der Waals surface area contributed by atoms with Gasteiger partial charge in [0, 0.05) is 0 Å². The summed E-state index contributed by atoms with van der Waals surface area (Å²) in [6.45, 7) is 6.16. The van der Waals surface area contributed by atoms with Gasteiger partial charge in [0.15, 0.2) is 0 Å². The minimum Gasteiger partial charge on any atom is -0.489 e. The molecule has 0 aliphatic carbocycles. The van der Waals surface area contributed by atoms with Crippen molar-refractivity contribution in [2.24, 2.45) is 0 Å². The number of aryl methyl sites for hydroxylation is 3. The van der Waals surface area contributed by atoms with Gasteiger partial charge in [0.1, 0.15) is 17.9 Å². The van der Waals surface area contributed by atoms with Crippen molar-refractivity contribution in [1.29, 1.82) is 0 Å². The molecule has 4 amide bonds. The monoisotopic (exact) mass is 440 g/mol. The summed E-state index contributed by atoms with van der Waals surface area (Å²) in [5, 5.41) is 2.26. The van der Waals surface area contributed by atoms with Gasteiger partial charge in [-0.3, -0.25) is 14.9 Å². The number of barbiturate groups is 1. The molecule has 0 aromatic heterocycles. The molecule has 0 unspecified atom stereocenters. The lowest BCUT2D eigenvalue weighted by Crippen LogP contribution is -2.54. The summed E-state index contributed by atoms with van der Waals surface area (Å²) in [7, 11) is 0. The average Bonchev–Trinajstić information content (AvgIpc) is 2.78. The third-order valence-electron chi connectivity index (χ3n) is 5.39. The lowest BCUT2D eigenvalue weighted by molar-refractivity contribution is -0.122. The summed E-state index contributed by atoms with van der Waals surface area (Å²) in [5.41, 5.74) is 4.89. The summed E-state index contributed by atoms with van der Waals surface area (Å²) in [6.07, 6.45) is 1.48. The maximum absolute atomic E-state index is 13.1. The lowest BCUT2D eigenvalue weighted by atomic mass is 10.0. The molecular weight excluding hydrogens is 416 g/mol. The Morgan fingerprint density at radius 2 is 1.61 bits per heavy atom. The number of nitrogens with zero attached hydrogens (tertiary/aromatic N) is 1. The van der Waals surface area contributed by atoms with Crippen molar-refractivity contribution in [3.63, 3.8) is 0 Å². The van der Waals surface area contributed by atoms with Crippen molar-refractivity contribution in [3.8, 4) is 5.75 Å². The Labute approximate surface area is 192 Å². The lowest BCUT2D eigenvalue weighted by Gasteiger charge is -2.27. The van der Waals surface area contributed by atoms with E-state index in [-0.39, 0.29) is 5.57 Å². The van der Waals surface area contributed by atoms with Crippen molar-refractivity contribution in [1.82, 2.24) is 5.32 Å². The molecule has 0 atom stereocenters. The van der Waals surface area contributed by atoms with Gasteiger partial charge in [0.25, 0.3) is 11.8 Å². The van der Waals surface area contributed by atoms with Gasteiger partial charge in [-0.15, -0.1) is 0 Å². The Balaban J connectivity index is 1.54. The van der Waals surface area contributed by atoms with Crippen molar-refractivity contribution in [2.75, 3.05) is 4.90 Å². The molecule has 1 fully saturated rings. The van der Waals surface area contributed by atoms with E-state index in [9.17, 15) is 14.4 Å². The molecule has 4 rings (SSSR count). The fourth-order valence-electron chi connectivity index (χ4n) is 3.63. The van der Waals surface area contributed by atoms with Crippen molar-refractivity contribution in [2.45, 2.75) is 27.4 Å². The van der Waals surface area contributed by atoms with E-state index in [4.69, 9.17) is 4.74 Å². The van der Waals surface area contributed by atoms with Crippen LogP contribution in [0.2, 0.25) is 0 Å². The average molecular weight is 440 g/mol. The van der Waals surface area contributed by atoms with Crippen molar-refractivity contribution >= 4 is 29.6 Å². The van der Waals surface area contributed by atoms with Crippen LogP contribution in [0.5, 0.6) is 5.75 Å². The second-order valence-corrected chi connectivity index (χ2v) is 8.09. The molecule has 6 nitrogen and oxygen atoms in total. The van der Waals surface area contributed by atoms with E-state index in [0.29, 0.717) is 23.6 Å². The second kappa shape index (κ2) is 9.12. The Morgan fingerprint density at radius 1 is 0.879 bits per heavy atom. The maximum atomic E-state index is 13.1. The highest BCUT2D eigenvalue weighted by atomic mass is 16.5. The number of rotatable bonds is 5. The molecule has 1 aliphatic rings. The van der Waals surface area contributed by atoms with E-state index in [1.807, 2.05) is 51.1 Å². The van der Waals surface area contributed by atoms with Crippen LogP contribution in [0.4, 0.5) is 10.5 Å². The molecule has 3 aromatic carbocycles. The van der Waals surface area contributed by atoms with Gasteiger partial charge in [-0.05, 0) is 67.3 Å². The number of carbonyl (C=O) groups is 3. The molecule has 1 aliphatic heterocycles. The van der Waals surface area contributed by atoms with Crippen LogP contribution in [-0.4, -0.2) is 17.8 Å². The molecule has 166 valence electrons. The number of imide groups is 2. The van der Waals surface area contributed by atoms with Crippen LogP contribution in [0.15, 0.2) is 72.3 Å². The summed E-state index contributed by atoms with van der Waals surface area (Å²) in [5.74, 6) is -0.700. The molecule has 33 heavy (non-hydrogen) atoms. The topological polar surface area (TPSA) is 75.7 Å². The molecule has 0 spiro atoms. The quantitative estimate of drug-likeness (QED) is 0.454. The normalized spacial score (nSPS) is 15.1. The van der Waals surface area contributed by atoms with Gasteiger partial charge in [0.2, 0.25) is 0 Å². The van der Waals surface area contributed by atoms with Crippen LogP contribution in [0, 0.1) is 20.8 Å². The summed E-state index contributed by atoms with van der Waals surface area (Å²) in [6, 6.07) is 19.9. The number of urea groups is 1. The molecule has 0 bridgehead atoms. The number of hydrogen-bond donors (Lipinski definition) is 1. The zero-order valence-corrected chi connectivity index (χ0v) is 18.7. The van der Waals surface area contributed by atoms with Crippen LogP contribution in [-0.2, 0) is 16.2 Å². The third kappa shape index (κ3) is 4.85. The van der Waals surface area contributed by atoms with Crippen LogP contribution in [0.25, 0.3) is 6.08 Å².